The van der Waals surface area contributed by atoms with Crippen LogP contribution >= 0.6 is 0 Å². The molecule has 3 N–H and O–H groups in total. The van der Waals surface area contributed by atoms with Crippen molar-refractivity contribution in [2.24, 2.45) is 5.73 Å². The zero-order valence-corrected chi connectivity index (χ0v) is 14.7. The van der Waals surface area contributed by atoms with Crippen molar-refractivity contribution >= 4 is 5.91 Å². The smallest absolute Gasteiger partial charge is 0.250 e. The highest BCUT2D eigenvalue weighted by Crippen LogP contribution is 2.20. The van der Waals surface area contributed by atoms with E-state index in [0.717, 1.165) is 18.5 Å². The first-order chi connectivity index (χ1) is 13.1. The number of primary amides is 1. The number of halogens is 1. The van der Waals surface area contributed by atoms with E-state index in [1.54, 1.807) is 24.3 Å². The van der Waals surface area contributed by atoms with Crippen LogP contribution in [0.2, 0.25) is 0 Å². The van der Waals surface area contributed by atoms with E-state index in [2.05, 4.69) is 10.3 Å². The van der Waals surface area contributed by atoms with Gasteiger partial charge in [-0.05, 0) is 54.4 Å². The van der Waals surface area contributed by atoms with Crippen molar-refractivity contribution in [1.82, 2.24) is 10.3 Å². The van der Waals surface area contributed by atoms with Gasteiger partial charge in [-0.2, -0.15) is 0 Å². The summed E-state index contributed by atoms with van der Waals surface area (Å²) in [5.41, 5.74) is 7.74. The van der Waals surface area contributed by atoms with Crippen LogP contribution in [0, 0.1) is 5.82 Å². The Hall–Kier alpha value is -3.25. The highest BCUT2D eigenvalue weighted by molar-refractivity contribution is 5.92. The first-order valence-corrected chi connectivity index (χ1v) is 8.58. The second kappa shape index (κ2) is 8.91. The van der Waals surface area contributed by atoms with E-state index in [1.165, 1.54) is 23.9 Å². The summed E-state index contributed by atoms with van der Waals surface area (Å²) in [6, 6.07) is 17.4. The van der Waals surface area contributed by atoms with Gasteiger partial charge in [-0.15, -0.1) is 0 Å². The molecule has 5 nitrogen and oxygen atoms in total. The average molecular weight is 365 g/mol. The number of pyridine rings is 1. The predicted octanol–water partition coefficient (Wildman–Crippen LogP) is 3.44. The maximum absolute atomic E-state index is 12.9. The van der Waals surface area contributed by atoms with Gasteiger partial charge in [-0.3, -0.25) is 4.79 Å². The average Bonchev–Trinajstić information content (AvgIpc) is 2.68. The lowest BCUT2D eigenvalue weighted by Crippen LogP contribution is -2.16. The van der Waals surface area contributed by atoms with E-state index < -0.39 is 5.91 Å². The summed E-state index contributed by atoms with van der Waals surface area (Å²) in [7, 11) is 0. The number of ether oxygens (including phenoxy) is 1. The molecule has 0 fully saturated rings. The number of carbonyl (C=O) groups is 1. The van der Waals surface area contributed by atoms with Gasteiger partial charge in [0.2, 0.25) is 11.8 Å². The molecule has 0 radical (unpaired) electrons. The van der Waals surface area contributed by atoms with Crippen molar-refractivity contribution in [3.05, 3.63) is 89.4 Å². The van der Waals surface area contributed by atoms with Crippen LogP contribution in [0.5, 0.6) is 11.6 Å². The summed E-state index contributed by atoms with van der Waals surface area (Å²) in [6.45, 7) is 1.52. The Kier molecular flexibility index (Phi) is 6.12. The Bertz CT molecular complexity index is 879. The lowest BCUT2D eigenvalue weighted by Gasteiger charge is -2.08. The molecular formula is C21H20FN3O2. The molecule has 2 aromatic carbocycles. The van der Waals surface area contributed by atoms with Crippen molar-refractivity contribution < 1.29 is 13.9 Å². The number of aromatic nitrogens is 1. The molecule has 0 saturated carbocycles. The second-order valence-corrected chi connectivity index (χ2v) is 6.05. The van der Waals surface area contributed by atoms with E-state index in [-0.39, 0.29) is 5.82 Å². The van der Waals surface area contributed by atoms with Crippen molar-refractivity contribution in [2.45, 2.75) is 13.0 Å². The van der Waals surface area contributed by atoms with Crippen LogP contribution in [-0.2, 0) is 13.0 Å². The van der Waals surface area contributed by atoms with Gasteiger partial charge in [-0.25, -0.2) is 9.37 Å². The number of nitrogens with zero attached hydrogens (tertiary/aromatic N) is 1. The standard InChI is InChI=1S/C21H20FN3O2/c22-18-6-1-16(2-7-18)13-24-12-11-15-3-8-19(9-4-15)27-20-10-5-17(14-25-20)21(23)26/h1-10,14,24H,11-13H2,(H2,23,26). The van der Waals surface area contributed by atoms with Crippen LogP contribution in [0.15, 0.2) is 66.9 Å². The molecule has 3 rings (SSSR count). The zero-order valence-electron chi connectivity index (χ0n) is 14.7. The lowest BCUT2D eigenvalue weighted by atomic mass is 10.1. The summed E-state index contributed by atoms with van der Waals surface area (Å²) in [6.07, 6.45) is 2.26. The number of carbonyl (C=O) groups excluding carboxylic acids is 1. The van der Waals surface area contributed by atoms with E-state index in [0.29, 0.717) is 23.7 Å². The molecule has 138 valence electrons. The van der Waals surface area contributed by atoms with Gasteiger partial charge in [0, 0.05) is 18.8 Å². The Morgan fingerprint density at radius 2 is 1.70 bits per heavy atom. The summed E-state index contributed by atoms with van der Waals surface area (Å²) in [5.74, 6) is 0.317. The Morgan fingerprint density at radius 3 is 2.33 bits per heavy atom. The maximum atomic E-state index is 12.9. The largest absolute Gasteiger partial charge is 0.439 e. The van der Waals surface area contributed by atoms with Crippen LogP contribution in [0.25, 0.3) is 0 Å². The van der Waals surface area contributed by atoms with Gasteiger partial charge in [0.05, 0.1) is 5.56 Å². The van der Waals surface area contributed by atoms with E-state index >= 15 is 0 Å². The minimum atomic E-state index is -0.522. The van der Waals surface area contributed by atoms with E-state index in [9.17, 15) is 9.18 Å². The monoisotopic (exact) mass is 365 g/mol. The lowest BCUT2D eigenvalue weighted by molar-refractivity contribution is 0.1000. The van der Waals surface area contributed by atoms with Crippen LogP contribution in [0.3, 0.4) is 0 Å². The molecule has 1 amide bonds. The first kappa shape index (κ1) is 18.5. The molecule has 3 aromatic rings. The van der Waals surface area contributed by atoms with Crippen LogP contribution < -0.4 is 15.8 Å². The van der Waals surface area contributed by atoms with Crippen molar-refractivity contribution in [1.29, 1.82) is 0 Å². The minimum absolute atomic E-state index is 0.222. The normalized spacial score (nSPS) is 10.6. The molecule has 0 atom stereocenters. The Morgan fingerprint density at radius 1 is 1.00 bits per heavy atom. The molecule has 1 aromatic heterocycles. The molecule has 1 heterocycles. The fraction of sp³-hybridized carbons (Fsp3) is 0.143. The molecule has 0 bridgehead atoms. The number of hydrogen-bond acceptors (Lipinski definition) is 4. The van der Waals surface area contributed by atoms with Crippen molar-refractivity contribution in [3.63, 3.8) is 0 Å². The zero-order chi connectivity index (χ0) is 19.1. The van der Waals surface area contributed by atoms with Crippen LogP contribution in [0.4, 0.5) is 4.39 Å². The second-order valence-electron chi connectivity index (χ2n) is 6.05. The summed E-state index contributed by atoms with van der Waals surface area (Å²) < 4.78 is 18.5. The SMILES string of the molecule is NC(=O)c1ccc(Oc2ccc(CCNCc3ccc(F)cc3)cc2)nc1. The molecule has 0 aliphatic carbocycles. The van der Waals surface area contributed by atoms with Crippen LogP contribution in [0.1, 0.15) is 21.5 Å². The number of benzene rings is 2. The van der Waals surface area contributed by atoms with E-state index in [1.807, 2.05) is 24.3 Å². The van der Waals surface area contributed by atoms with Gasteiger partial charge < -0.3 is 15.8 Å². The fourth-order valence-electron chi connectivity index (χ4n) is 2.50. The van der Waals surface area contributed by atoms with Gasteiger partial charge in [0.1, 0.15) is 11.6 Å². The van der Waals surface area contributed by atoms with Crippen molar-refractivity contribution in [2.75, 3.05) is 6.54 Å². The first-order valence-electron chi connectivity index (χ1n) is 8.58. The third-order valence-electron chi connectivity index (χ3n) is 4.00. The predicted molar refractivity (Wildman–Crippen MR) is 101 cm³/mol. The quantitative estimate of drug-likeness (QED) is 0.600. The molecule has 0 aliphatic heterocycles. The minimum Gasteiger partial charge on any atom is -0.439 e. The van der Waals surface area contributed by atoms with E-state index in [4.69, 9.17) is 10.5 Å². The third-order valence-corrected chi connectivity index (χ3v) is 4.00. The fourth-order valence-corrected chi connectivity index (χ4v) is 2.50. The summed E-state index contributed by atoms with van der Waals surface area (Å²) in [5, 5.41) is 3.34. The van der Waals surface area contributed by atoms with Gasteiger partial charge in [0.15, 0.2) is 0 Å². The Balaban J connectivity index is 1.45. The topological polar surface area (TPSA) is 77.2 Å². The molecule has 0 saturated heterocycles. The highest BCUT2D eigenvalue weighted by atomic mass is 19.1. The molecular weight excluding hydrogens is 345 g/mol. The number of rotatable bonds is 8. The summed E-state index contributed by atoms with van der Waals surface area (Å²) in [4.78, 5) is 15.1. The molecule has 0 unspecified atom stereocenters. The van der Waals surface area contributed by atoms with Crippen LogP contribution in [-0.4, -0.2) is 17.4 Å². The molecule has 6 heteroatoms. The summed E-state index contributed by atoms with van der Waals surface area (Å²) >= 11 is 0. The van der Waals surface area contributed by atoms with Gasteiger partial charge in [0.25, 0.3) is 0 Å². The number of nitrogens with two attached hydrogens (primary N) is 1. The van der Waals surface area contributed by atoms with Gasteiger partial charge >= 0.3 is 0 Å². The Labute approximate surface area is 157 Å². The highest BCUT2D eigenvalue weighted by Gasteiger charge is 2.03. The van der Waals surface area contributed by atoms with Gasteiger partial charge in [-0.1, -0.05) is 24.3 Å². The molecule has 0 aliphatic rings. The molecule has 0 spiro atoms. The number of nitrogens with one attached hydrogen (secondary N) is 1. The molecule has 27 heavy (non-hydrogen) atoms. The number of hydrogen-bond donors (Lipinski definition) is 2. The maximum Gasteiger partial charge on any atom is 0.250 e. The third kappa shape index (κ3) is 5.62. The van der Waals surface area contributed by atoms with Crippen molar-refractivity contribution in [3.8, 4) is 11.6 Å². The number of amides is 1.